The van der Waals surface area contributed by atoms with Gasteiger partial charge in [-0.25, -0.2) is 0 Å². The maximum Gasteiger partial charge on any atom is 0.266 e. The van der Waals surface area contributed by atoms with E-state index in [9.17, 15) is 10.1 Å². The molecule has 0 saturated heterocycles. The van der Waals surface area contributed by atoms with Crippen LogP contribution in [0.5, 0.6) is 17.2 Å². The molecule has 6 nitrogen and oxygen atoms in total. The van der Waals surface area contributed by atoms with Gasteiger partial charge in [0.25, 0.3) is 5.91 Å². The number of nitrogens with one attached hydrogen (secondary N) is 1. The van der Waals surface area contributed by atoms with Gasteiger partial charge in [0.05, 0.1) is 13.7 Å². The van der Waals surface area contributed by atoms with Crippen LogP contribution in [-0.2, 0) is 17.8 Å². The molecule has 0 aliphatic heterocycles. The van der Waals surface area contributed by atoms with Crippen molar-refractivity contribution in [1.82, 2.24) is 0 Å². The number of halogens is 1. The first-order valence-electron chi connectivity index (χ1n) is 11.3. The number of anilines is 1. The normalized spacial score (nSPS) is 10.8. The molecular formula is C29H27ClN2O4. The van der Waals surface area contributed by atoms with Crippen molar-refractivity contribution in [2.45, 2.75) is 20.0 Å². The summed E-state index contributed by atoms with van der Waals surface area (Å²) in [6.07, 6.45) is 3.79. The number of nitriles is 1. The van der Waals surface area contributed by atoms with E-state index in [2.05, 4.69) is 11.9 Å². The Hall–Kier alpha value is -4.21. The summed E-state index contributed by atoms with van der Waals surface area (Å²) in [7, 11) is 1.56. The molecule has 0 saturated carbocycles. The topological polar surface area (TPSA) is 80.6 Å². The number of hydrogen-bond donors (Lipinski definition) is 1. The number of hydrogen-bond acceptors (Lipinski definition) is 5. The molecule has 0 fully saturated rings. The molecule has 3 aromatic rings. The summed E-state index contributed by atoms with van der Waals surface area (Å²) in [5.74, 6) is 1.24. The van der Waals surface area contributed by atoms with Crippen LogP contribution in [0.15, 0.2) is 78.9 Å². The second-order valence-corrected chi connectivity index (χ2v) is 8.14. The lowest BCUT2D eigenvalue weighted by Crippen LogP contribution is -2.13. The molecule has 0 radical (unpaired) electrons. The van der Waals surface area contributed by atoms with Gasteiger partial charge in [0, 0.05) is 16.3 Å². The molecule has 0 aliphatic carbocycles. The van der Waals surface area contributed by atoms with Crippen LogP contribution in [0, 0.1) is 11.3 Å². The van der Waals surface area contributed by atoms with Gasteiger partial charge in [-0.2, -0.15) is 5.26 Å². The molecule has 1 amide bonds. The van der Waals surface area contributed by atoms with E-state index in [0.717, 1.165) is 11.1 Å². The standard InChI is InChI=1S/C29H27ClN2O4/c1-4-7-22-14-21(15-23(18-31)29(33)32-25-10-12-26(34-3)13-11-25)17-27(35-5-2)28(22)36-19-20-8-6-9-24(30)16-20/h4,6,8-17H,1,5,7,19H2,2-3H3,(H,32,33)/b23-15+. The molecule has 0 unspecified atom stereocenters. The molecule has 3 rings (SSSR count). The summed E-state index contributed by atoms with van der Waals surface area (Å²) in [6.45, 7) is 6.43. The van der Waals surface area contributed by atoms with E-state index in [1.54, 1.807) is 49.6 Å². The van der Waals surface area contributed by atoms with E-state index in [1.807, 2.05) is 37.3 Å². The first-order chi connectivity index (χ1) is 17.5. The molecule has 184 valence electrons. The monoisotopic (exact) mass is 502 g/mol. The summed E-state index contributed by atoms with van der Waals surface area (Å²) in [4.78, 5) is 12.8. The number of amides is 1. The van der Waals surface area contributed by atoms with Gasteiger partial charge in [0.15, 0.2) is 11.5 Å². The summed E-state index contributed by atoms with van der Waals surface area (Å²) < 4.78 is 17.1. The predicted octanol–water partition coefficient (Wildman–Crippen LogP) is 6.60. The van der Waals surface area contributed by atoms with Crippen LogP contribution >= 0.6 is 11.6 Å². The van der Waals surface area contributed by atoms with E-state index in [-0.39, 0.29) is 5.57 Å². The molecule has 0 heterocycles. The zero-order chi connectivity index (χ0) is 25.9. The Morgan fingerprint density at radius 1 is 1.14 bits per heavy atom. The Labute approximate surface area is 216 Å². The van der Waals surface area contributed by atoms with E-state index >= 15 is 0 Å². The SMILES string of the molecule is C=CCc1cc(/C=C(\C#N)C(=O)Nc2ccc(OC)cc2)cc(OCC)c1OCc1cccc(Cl)c1. The van der Waals surface area contributed by atoms with Gasteiger partial charge in [-0.1, -0.05) is 29.8 Å². The number of ether oxygens (including phenoxy) is 3. The zero-order valence-corrected chi connectivity index (χ0v) is 21.0. The maximum absolute atomic E-state index is 12.8. The van der Waals surface area contributed by atoms with E-state index in [1.165, 1.54) is 6.08 Å². The average molecular weight is 503 g/mol. The molecule has 1 N–H and O–H groups in total. The van der Waals surface area contributed by atoms with Gasteiger partial charge in [0.1, 0.15) is 24.0 Å². The quantitative estimate of drug-likeness (QED) is 0.181. The second-order valence-electron chi connectivity index (χ2n) is 7.70. The molecule has 0 spiro atoms. The largest absolute Gasteiger partial charge is 0.497 e. The summed E-state index contributed by atoms with van der Waals surface area (Å²) in [5, 5.41) is 13.0. The minimum atomic E-state index is -0.521. The van der Waals surface area contributed by atoms with Crippen LogP contribution in [0.4, 0.5) is 5.69 Å². The third-order valence-corrected chi connectivity index (χ3v) is 5.35. The Balaban J connectivity index is 1.90. The van der Waals surface area contributed by atoms with Crippen molar-refractivity contribution >= 4 is 29.3 Å². The maximum atomic E-state index is 12.8. The van der Waals surface area contributed by atoms with Crippen LogP contribution in [0.3, 0.4) is 0 Å². The highest BCUT2D eigenvalue weighted by Crippen LogP contribution is 2.35. The predicted molar refractivity (Wildman–Crippen MR) is 143 cm³/mol. The van der Waals surface area contributed by atoms with Crippen molar-refractivity contribution in [3.8, 4) is 23.3 Å². The fourth-order valence-electron chi connectivity index (χ4n) is 3.47. The van der Waals surface area contributed by atoms with Crippen LogP contribution in [-0.4, -0.2) is 19.6 Å². The van der Waals surface area contributed by atoms with Crippen molar-refractivity contribution in [2.24, 2.45) is 0 Å². The van der Waals surface area contributed by atoms with Crippen molar-refractivity contribution in [3.63, 3.8) is 0 Å². The van der Waals surface area contributed by atoms with E-state index < -0.39 is 5.91 Å². The smallest absolute Gasteiger partial charge is 0.266 e. The summed E-state index contributed by atoms with van der Waals surface area (Å²) in [5.41, 5.74) is 2.86. The van der Waals surface area contributed by atoms with Gasteiger partial charge >= 0.3 is 0 Å². The molecule has 0 aromatic heterocycles. The van der Waals surface area contributed by atoms with Crippen molar-refractivity contribution in [3.05, 3.63) is 101 Å². The summed E-state index contributed by atoms with van der Waals surface area (Å²) >= 11 is 6.10. The molecule has 0 bridgehead atoms. The fourth-order valence-corrected chi connectivity index (χ4v) is 3.68. The Bertz CT molecular complexity index is 1290. The van der Waals surface area contributed by atoms with Crippen LogP contribution < -0.4 is 19.5 Å². The number of methoxy groups -OCH3 is 1. The van der Waals surface area contributed by atoms with Crippen molar-refractivity contribution in [2.75, 3.05) is 19.0 Å². The van der Waals surface area contributed by atoms with Crippen LogP contribution in [0.25, 0.3) is 6.08 Å². The highest BCUT2D eigenvalue weighted by Gasteiger charge is 2.16. The van der Waals surface area contributed by atoms with Gasteiger partial charge in [-0.15, -0.1) is 6.58 Å². The minimum absolute atomic E-state index is 0.0505. The third-order valence-electron chi connectivity index (χ3n) is 5.11. The fraction of sp³-hybridized carbons (Fsp3) is 0.172. The Kier molecular flexibility index (Phi) is 9.56. The number of allylic oxidation sites excluding steroid dienone is 1. The van der Waals surface area contributed by atoms with Gasteiger partial charge in [-0.05, 0) is 79.1 Å². The molecular weight excluding hydrogens is 476 g/mol. The van der Waals surface area contributed by atoms with E-state index in [4.69, 9.17) is 25.8 Å². The number of nitrogens with zero attached hydrogens (tertiary/aromatic N) is 1. The number of carbonyl (C=O) groups is 1. The summed E-state index contributed by atoms with van der Waals surface area (Å²) in [6, 6.07) is 19.9. The highest BCUT2D eigenvalue weighted by atomic mass is 35.5. The lowest BCUT2D eigenvalue weighted by Gasteiger charge is -2.17. The third kappa shape index (κ3) is 7.14. The molecule has 36 heavy (non-hydrogen) atoms. The van der Waals surface area contributed by atoms with Gasteiger partial charge in [0.2, 0.25) is 0 Å². The van der Waals surface area contributed by atoms with Gasteiger partial charge < -0.3 is 19.5 Å². The molecule has 7 heteroatoms. The Morgan fingerprint density at radius 2 is 1.92 bits per heavy atom. The first-order valence-corrected chi connectivity index (χ1v) is 11.7. The second kappa shape index (κ2) is 13.0. The van der Waals surface area contributed by atoms with Crippen molar-refractivity contribution in [1.29, 1.82) is 5.26 Å². The lowest BCUT2D eigenvalue weighted by molar-refractivity contribution is -0.112. The highest BCUT2D eigenvalue weighted by molar-refractivity contribution is 6.30. The minimum Gasteiger partial charge on any atom is -0.497 e. The zero-order valence-electron chi connectivity index (χ0n) is 20.2. The molecule has 0 aliphatic rings. The molecule has 0 atom stereocenters. The number of benzene rings is 3. The average Bonchev–Trinajstić information content (AvgIpc) is 2.87. The van der Waals surface area contributed by atoms with Crippen LogP contribution in [0.1, 0.15) is 23.6 Å². The van der Waals surface area contributed by atoms with E-state index in [0.29, 0.717) is 53.2 Å². The molecule has 3 aromatic carbocycles. The van der Waals surface area contributed by atoms with Gasteiger partial charge in [-0.3, -0.25) is 4.79 Å². The number of carbonyl (C=O) groups excluding carboxylic acids is 1. The van der Waals surface area contributed by atoms with Crippen molar-refractivity contribution < 1.29 is 19.0 Å². The first kappa shape index (κ1) is 26.4. The number of rotatable bonds is 11. The van der Waals surface area contributed by atoms with Crippen LogP contribution in [0.2, 0.25) is 5.02 Å². The lowest BCUT2D eigenvalue weighted by atomic mass is 10.0. The Morgan fingerprint density at radius 3 is 2.56 bits per heavy atom.